The Bertz CT molecular complexity index is 1690. The minimum Gasteiger partial charge on any atom is -0.496 e. The minimum absolute atomic E-state index is 0.0386. The number of carboxylic acid groups (broad SMARTS) is 1. The fraction of sp³-hybridized carbons (Fsp3) is 0.405. The summed E-state index contributed by atoms with van der Waals surface area (Å²) in [6.45, 7) is 2.62. The van der Waals surface area contributed by atoms with Gasteiger partial charge in [-0.3, -0.25) is 9.59 Å². The number of carbonyl (C=O) groups is 2. The zero-order chi connectivity index (χ0) is 33.2. The zero-order valence-electron chi connectivity index (χ0n) is 26.5. The molecule has 0 aromatic heterocycles. The molecule has 1 aliphatic carbocycles. The molecule has 10 heteroatoms. The first-order chi connectivity index (χ1) is 22.6. The highest BCUT2D eigenvalue weighted by Crippen LogP contribution is 2.41. The van der Waals surface area contributed by atoms with Crippen LogP contribution in [-0.2, 0) is 22.6 Å². The number of fused-ring (bicyclic) bond motifs is 2. The van der Waals surface area contributed by atoms with E-state index in [0.717, 1.165) is 58.6 Å². The number of ether oxygens (including phenoxy) is 2. The molecule has 3 aliphatic rings. The Morgan fingerprint density at radius 3 is 2.49 bits per heavy atom. The van der Waals surface area contributed by atoms with Gasteiger partial charge in [-0.25, -0.2) is 8.78 Å². The Morgan fingerprint density at radius 1 is 1.04 bits per heavy atom. The molecule has 0 radical (unpaired) electrons. The summed E-state index contributed by atoms with van der Waals surface area (Å²) >= 11 is 5.87. The van der Waals surface area contributed by atoms with Crippen molar-refractivity contribution < 1.29 is 33.0 Å². The maximum Gasteiger partial charge on any atom is 0.306 e. The number of hydrogen-bond donors (Lipinski definition) is 2. The van der Waals surface area contributed by atoms with E-state index in [-0.39, 0.29) is 41.4 Å². The maximum atomic E-state index is 14.6. The van der Waals surface area contributed by atoms with Crippen molar-refractivity contribution in [3.05, 3.63) is 99.1 Å². The molecule has 3 atom stereocenters. The summed E-state index contributed by atoms with van der Waals surface area (Å²) in [6.07, 6.45) is 4.51. The number of amides is 1. The van der Waals surface area contributed by atoms with Crippen LogP contribution in [0.5, 0.6) is 11.5 Å². The molecule has 3 unspecified atom stereocenters. The maximum absolute atomic E-state index is 14.6. The van der Waals surface area contributed by atoms with Crippen molar-refractivity contribution in [2.75, 3.05) is 13.7 Å². The molecular weight excluding hydrogens is 626 g/mol. The number of benzene rings is 3. The number of aryl methyl sites for hydroxylation is 1. The molecule has 2 bridgehead atoms. The van der Waals surface area contributed by atoms with Gasteiger partial charge in [0.15, 0.2) is 11.6 Å². The summed E-state index contributed by atoms with van der Waals surface area (Å²) < 4.78 is 38.8. The molecule has 3 aromatic carbocycles. The van der Waals surface area contributed by atoms with E-state index < -0.39 is 23.5 Å². The molecule has 1 saturated carbocycles. The second kappa shape index (κ2) is 14.0. The van der Waals surface area contributed by atoms with Crippen LogP contribution >= 0.6 is 11.6 Å². The Labute approximate surface area is 278 Å². The van der Waals surface area contributed by atoms with Gasteiger partial charge in [0.05, 0.1) is 19.6 Å². The first kappa shape index (κ1) is 33.0. The van der Waals surface area contributed by atoms with Crippen LogP contribution in [0.25, 0.3) is 5.57 Å². The Morgan fingerprint density at radius 2 is 1.79 bits per heavy atom. The smallest absolute Gasteiger partial charge is 0.306 e. The van der Waals surface area contributed by atoms with Gasteiger partial charge in [-0.2, -0.15) is 0 Å². The third-order valence-corrected chi connectivity index (χ3v) is 9.95. The van der Waals surface area contributed by atoms with E-state index in [4.69, 9.17) is 21.1 Å². The van der Waals surface area contributed by atoms with Gasteiger partial charge in [0.1, 0.15) is 16.6 Å². The lowest BCUT2D eigenvalue weighted by Gasteiger charge is -2.42. The monoisotopic (exact) mass is 664 g/mol. The quantitative estimate of drug-likeness (QED) is 0.158. The van der Waals surface area contributed by atoms with Gasteiger partial charge < -0.3 is 24.8 Å². The lowest BCUT2D eigenvalue weighted by molar-refractivity contribution is -0.143. The summed E-state index contributed by atoms with van der Waals surface area (Å²) in [6, 6.07) is 15.6. The molecule has 248 valence electrons. The molecule has 2 heterocycles. The van der Waals surface area contributed by atoms with E-state index in [1.54, 1.807) is 7.11 Å². The predicted octanol–water partition coefficient (Wildman–Crippen LogP) is 7.12. The molecule has 6 rings (SSSR count). The number of methoxy groups -OCH3 is 1. The highest BCUT2D eigenvalue weighted by molar-refractivity contribution is 6.32. The van der Waals surface area contributed by atoms with Crippen LogP contribution in [0.3, 0.4) is 0 Å². The summed E-state index contributed by atoms with van der Waals surface area (Å²) in [4.78, 5) is 28.7. The summed E-state index contributed by atoms with van der Waals surface area (Å²) in [5.74, 6) is -2.32. The number of piperidine rings is 1. The Kier molecular flexibility index (Phi) is 9.85. The van der Waals surface area contributed by atoms with Crippen LogP contribution in [0.15, 0.2) is 60.2 Å². The number of carboxylic acids is 1. The van der Waals surface area contributed by atoms with Gasteiger partial charge in [0.25, 0.3) is 5.91 Å². The molecule has 1 amide bonds. The fourth-order valence-electron chi connectivity index (χ4n) is 6.92. The molecule has 3 aromatic rings. The van der Waals surface area contributed by atoms with Gasteiger partial charge in [-0.15, -0.1) is 0 Å². The van der Waals surface area contributed by atoms with Crippen molar-refractivity contribution in [2.45, 2.75) is 76.5 Å². The molecule has 2 aliphatic heterocycles. The first-order valence-corrected chi connectivity index (χ1v) is 16.5. The van der Waals surface area contributed by atoms with Crippen molar-refractivity contribution in [3.63, 3.8) is 0 Å². The van der Waals surface area contributed by atoms with Crippen LogP contribution in [0, 0.1) is 24.5 Å². The number of halogens is 3. The lowest BCUT2D eigenvalue weighted by atomic mass is 9.75. The van der Waals surface area contributed by atoms with Gasteiger partial charge in [-0.1, -0.05) is 48.0 Å². The van der Waals surface area contributed by atoms with Crippen molar-refractivity contribution in [3.8, 4) is 11.5 Å². The van der Waals surface area contributed by atoms with E-state index in [0.29, 0.717) is 44.2 Å². The minimum atomic E-state index is -0.821. The first-order valence-electron chi connectivity index (χ1n) is 16.2. The molecule has 47 heavy (non-hydrogen) atoms. The highest BCUT2D eigenvalue weighted by atomic mass is 35.5. The topological polar surface area (TPSA) is 88.1 Å². The van der Waals surface area contributed by atoms with Crippen LogP contribution < -0.4 is 14.8 Å². The summed E-state index contributed by atoms with van der Waals surface area (Å²) in [5, 5.41) is 13.1. The van der Waals surface area contributed by atoms with Crippen molar-refractivity contribution in [1.82, 2.24) is 10.2 Å². The molecule has 2 fully saturated rings. The zero-order valence-corrected chi connectivity index (χ0v) is 27.3. The van der Waals surface area contributed by atoms with Crippen LogP contribution in [-0.4, -0.2) is 53.7 Å². The molecule has 0 spiro atoms. The predicted molar refractivity (Wildman–Crippen MR) is 176 cm³/mol. The number of nitrogens with one attached hydrogen (secondary N) is 1. The molecule has 2 N–H and O–H groups in total. The largest absolute Gasteiger partial charge is 0.496 e. The van der Waals surface area contributed by atoms with E-state index in [9.17, 15) is 23.5 Å². The highest BCUT2D eigenvalue weighted by Gasteiger charge is 2.44. The van der Waals surface area contributed by atoms with Crippen molar-refractivity contribution in [1.29, 1.82) is 0 Å². The molecule has 1 saturated heterocycles. The molecule has 7 nitrogen and oxygen atoms in total. The summed E-state index contributed by atoms with van der Waals surface area (Å²) in [5.41, 5.74) is 5.63. The van der Waals surface area contributed by atoms with Gasteiger partial charge in [0.2, 0.25) is 0 Å². The number of rotatable bonds is 12. The van der Waals surface area contributed by atoms with E-state index >= 15 is 0 Å². The second-order valence-electron chi connectivity index (χ2n) is 12.7. The number of aliphatic carboxylic acids is 1. The third kappa shape index (κ3) is 7.16. The van der Waals surface area contributed by atoms with Gasteiger partial charge in [-0.05, 0) is 97.9 Å². The average Bonchev–Trinajstić information content (AvgIpc) is 3.91. The number of carbonyl (C=O) groups excluding carboxylic acids is 1. The van der Waals surface area contributed by atoms with Gasteiger partial charge >= 0.3 is 5.97 Å². The SMILES string of the molecule is COc1cccc(CN(C(=O)C2=C(c3ccc(CCCOc4c(F)ccc(F)c4Cl)cc3)CC3CC(C(=O)O)CC2N3)C2CC2)c1C. The van der Waals surface area contributed by atoms with Crippen LogP contribution in [0.1, 0.15) is 60.8 Å². The normalized spacial score (nSPS) is 20.6. The van der Waals surface area contributed by atoms with E-state index in [1.807, 2.05) is 54.3 Å². The van der Waals surface area contributed by atoms with Crippen LogP contribution in [0.4, 0.5) is 8.78 Å². The van der Waals surface area contributed by atoms with Crippen LogP contribution in [0.2, 0.25) is 5.02 Å². The Hall–Kier alpha value is -3.95. The van der Waals surface area contributed by atoms with Crippen molar-refractivity contribution in [2.24, 2.45) is 5.92 Å². The van der Waals surface area contributed by atoms with Crippen molar-refractivity contribution >= 4 is 29.1 Å². The third-order valence-electron chi connectivity index (χ3n) is 9.60. The lowest BCUT2D eigenvalue weighted by Crippen LogP contribution is -2.54. The number of hydrogen-bond acceptors (Lipinski definition) is 5. The second-order valence-corrected chi connectivity index (χ2v) is 13.1. The van der Waals surface area contributed by atoms with E-state index in [2.05, 4.69) is 5.32 Å². The average molecular weight is 665 g/mol. The fourth-order valence-corrected chi connectivity index (χ4v) is 7.12. The Balaban J connectivity index is 1.24. The number of nitrogens with zero attached hydrogens (tertiary/aromatic N) is 1. The summed E-state index contributed by atoms with van der Waals surface area (Å²) in [7, 11) is 1.64. The standard InChI is InChI=1S/C37H39ClF2N2O5/c1-21-24(6-3-7-32(21)46-2)20-42(27-12-13-27)36(43)33-28(19-26-17-25(37(44)45)18-31(33)41-26)23-10-8-22(9-11-23)5-4-16-47-35-30(40)15-14-29(39)34(35)38/h3,6-11,14-15,25-27,31,41H,4-5,12-13,16-20H2,1-2H3,(H,44,45). The molecular formula is C37H39ClF2N2O5. The van der Waals surface area contributed by atoms with Gasteiger partial charge in [0, 0.05) is 30.2 Å². The van der Waals surface area contributed by atoms with E-state index in [1.165, 1.54) is 0 Å².